The van der Waals surface area contributed by atoms with Crippen molar-refractivity contribution in [1.82, 2.24) is 10.3 Å². The summed E-state index contributed by atoms with van der Waals surface area (Å²) in [4.78, 5) is 14.7. The Balaban J connectivity index is 1.99. The SMILES string of the molecule is Cc1ccccc1CNC(=O)c1cc(Br)c[nH]1. The van der Waals surface area contributed by atoms with E-state index in [1.807, 2.05) is 31.2 Å². The van der Waals surface area contributed by atoms with E-state index in [4.69, 9.17) is 0 Å². The molecule has 0 fully saturated rings. The summed E-state index contributed by atoms with van der Waals surface area (Å²) in [6, 6.07) is 9.77. The number of nitrogens with one attached hydrogen (secondary N) is 2. The molecule has 0 spiro atoms. The lowest BCUT2D eigenvalue weighted by Crippen LogP contribution is -2.23. The molecule has 1 aromatic heterocycles. The summed E-state index contributed by atoms with van der Waals surface area (Å²) in [5, 5.41) is 2.88. The van der Waals surface area contributed by atoms with Gasteiger partial charge in [-0.1, -0.05) is 24.3 Å². The summed E-state index contributed by atoms with van der Waals surface area (Å²) in [5.41, 5.74) is 2.87. The molecule has 2 aromatic rings. The zero-order valence-electron chi connectivity index (χ0n) is 9.46. The second-order valence-corrected chi connectivity index (χ2v) is 4.76. The molecule has 0 saturated carbocycles. The van der Waals surface area contributed by atoms with Crippen LogP contribution in [-0.4, -0.2) is 10.9 Å². The lowest BCUT2D eigenvalue weighted by molar-refractivity contribution is 0.0946. The summed E-state index contributed by atoms with van der Waals surface area (Å²) < 4.78 is 0.874. The number of halogens is 1. The number of hydrogen-bond acceptors (Lipinski definition) is 1. The number of benzene rings is 1. The molecule has 1 amide bonds. The van der Waals surface area contributed by atoms with Crippen molar-refractivity contribution in [3.63, 3.8) is 0 Å². The van der Waals surface area contributed by atoms with Crippen LogP contribution in [0.4, 0.5) is 0 Å². The largest absolute Gasteiger partial charge is 0.356 e. The van der Waals surface area contributed by atoms with Crippen LogP contribution in [0.2, 0.25) is 0 Å². The van der Waals surface area contributed by atoms with E-state index in [0.29, 0.717) is 12.2 Å². The molecule has 1 aromatic carbocycles. The van der Waals surface area contributed by atoms with Gasteiger partial charge >= 0.3 is 0 Å². The van der Waals surface area contributed by atoms with E-state index in [0.717, 1.165) is 10.0 Å². The highest BCUT2D eigenvalue weighted by atomic mass is 79.9. The quantitative estimate of drug-likeness (QED) is 0.897. The molecule has 0 unspecified atom stereocenters. The summed E-state index contributed by atoms with van der Waals surface area (Å²) in [5.74, 6) is -0.0982. The summed E-state index contributed by atoms with van der Waals surface area (Å²) in [7, 11) is 0. The number of carbonyl (C=O) groups is 1. The van der Waals surface area contributed by atoms with Crippen molar-refractivity contribution in [3.05, 3.63) is 57.8 Å². The predicted octanol–water partition coefficient (Wildman–Crippen LogP) is 3.02. The van der Waals surface area contributed by atoms with Crippen molar-refractivity contribution in [2.75, 3.05) is 0 Å². The van der Waals surface area contributed by atoms with Crippen LogP contribution in [0.3, 0.4) is 0 Å². The van der Waals surface area contributed by atoms with Gasteiger partial charge in [0, 0.05) is 17.2 Å². The summed E-state index contributed by atoms with van der Waals surface area (Å²) >= 11 is 3.30. The van der Waals surface area contributed by atoms with Crippen LogP contribution in [-0.2, 0) is 6.54 Å². The number of H-pyrrole nitrogens is 1. The number of amides is 1. The highest BCUT2D eigenvalue weighted by molar-refractivity contribution is 9.10. The number of rotatable bonds is 3. The minimum Gasteiger partial charge on any atom is -0.356 e. The van der Waals surface area contributed by atoms with Crippen LogP contribution in [0.15, 0.2) is 41.0 Å². The van der Waals surface area contributed by atoms with Gasteiger partial charge < -0.3 is 10.3 Å². The van der Waals surface area contributed by atoms with Gasteiger partial charge in [0.1, 0.15) is 5.69 Å². The second-order valence-electron chi connectivity index (χ2n) is 3.84. The maximum Gasteiger partial charge on any atom is 0.267 e. The smallest absolute Gasteiger partial charge is 0.267 e. The Kier molecular flexibility index (Phi) is 3.64. The second kappa shape index (κ2) is 5.19. The van der Waals surface area contributed by atoms with Gasteiger partial charge in [-0.2, -0.15) is 0 Å². The van der Waals surface area contributed by atoms with Crippen molar-refractivity contribution >= 4 is 21.8 Å². The minimum absolute atomic E-state index is 0.0982. The Hall–Kier alpha value is -1.55. The van der Waals surface area contributed by atoms with Gasteiger partial charge in [-0.3, -0.25) is 4.79 Å². The number of carbonyl (C=O) groups excluding carboxylic acids is 1. The molecule has 3 nitrogen and oxygen atoms in total. The molecular weight excluding hydrogens is 280 g/mol. The van der Waals surface area contributed by atoms with Crippen LogP contribution in [0.1, 0.15) is 21.6 Å². The first kappa shape index (κ1) is 11.9. The highest BCUT2D eigenvalue weighted by Crippen LogP contribution is 2.11. The van der Waals surface area contributed by atoms with E-state index in [1.165, 1.54) is 5.56 Å². The lowest BCUT2D eigenvalue weighted by Gasteiger charge is -2.06. The topological polar surface area (TPSA) is 44.9 Å². The molecular formula is C13H13BrN2O. The first-order valence-corrected chi connectivity index (χ1v) is 6.13. The van der Waals surface area contributed by atoms with Crippen LogP contribution in [0.5, 0.6) is 0 Å². The molecule has 0 aliphatic carbocycles. The van der Waals surface area contributed by atoms with E-state index in [9.17, 15) is 4.79 Å². The fourth-order valence-corrected chi connectivity index (χ4v) is 1.92. The van der Waals surface area contributed by atoms with Gasteiger partial charge in [-0.25, -0.2) is 0 Å². The lowest BCUT2D eigenvalue weighted by atomic mass is 10.1. The van der Waals surface area contributed by atoms with Crippen molar-refractivity contribution < 1.29 is 4.79 Å². The normalized spacial score (nSPS) is 10.2. The first-order chi connectivity index (χ1) is 8.16. The highest BCUT2D eigenvalue weighted by Gasteiger charge is 2.07. The van der Waals surface area contributed by atoms with Crippen molar-refractivity contribution in [2.45, 2.75) is 13.5 Å². The maximum atomic E-state index is 11.8. The third-order valence-corrected chi connectivity index (χ3v) is 3.05. The molecule has 88 valence electrons. The zero-order chi connectivity index (χ0) is 12.3. The van der Waals surface area contributed by atoms with Crippen LogP contribution < -0.4 is 5.32 Å². The third kappa shape index (κ3) is 2.97. The Bertz CT molecular complexity index is 534. The van der Waals surface area contributed by atoms with Gasteiger partial charge in [0.2, 0.25) is 0 Å². The van der Waals surface area contributed by atoms with Gasteiger partial charge in [0.25, 0.3) is 5.91 Å². The van der Waals surface area contributed by atoms with E-state index >= 15 is 0 Å². The van der Waals surface area contributed by atoms with Crippen LogP contribution in [0.25, 0.3) is 0 Å². The van der Waals surface area contributed by atoms with Crippen molar-refractivity contribution in [3.8, 4) is 0 Å². The average molecular weight is 293 g/mol. The van der Waals surface area contributed by atoms with Gasteiger partial charge in [-0.15, -0.1) is 0 Å². The molecule has 0 bridgehead atoms. The van der Waals surface area contributed by atoms with E-state index in [1.54, 1.807) is 12.3 Å². The molecule has 4 heteroatoms. The molecule has 0 aliphatic heterocycles. The Morgan fingerprint density at radius 2 is 2.18 bits per heavy atom. The average Bonchev–Trinajstić information content (AvgIpc) is 2.74. The van der Waals surface area contributed by atoms with Gasteiger partial charge in [0.05, 0.1) is 0 Å². The first-order valence-electron chi connectivity index (χ1n) is 5.33. The fourth-order valence-electron chi connectivity index (χ4n) is 1.58. The van der Waals surface area contributed by atoms with Crippen LogP contribution in [0, 0.1) is 6.92 Å². The number of aryl methyl sites for hydroxylation is 1. The zero-order valence-corrected chi connectivity index (χ0v) is 11.0. The molecule has 2 rings (SSSR count). The van der Waals surface area contributed by atoms with Gasteiger partial charge in [-0.05, 0) is 40.0 Å². The molecule has 0 saturated heterocycles. The molecule has 0 aliphatic rings. The summed E-state index contributed by atoms with van der Waals surface area (Å²) in [6.45, 7) is 2.58. The molecule has 0 atom stereocenters. The van der Waals surface area contributed by atoms with Crippen LogP contribution >= 0.6 is 15.9 Å². The molecule has 1 heterocycles. The molecule has 0 radical (unpaired) electrons. The van der Waals surface area contributed by atoms with Crippen molar-refractivity contribution in [2.24, 2.45) is 0 Å². The fraction of sp³-hybridized carbons (Fsp3) is 0.154. The molecule has 2 N–H and O–H groups in total. The van der Waals surface area contributed by atoms with E-state index in [2.05, 4.69) is 26.2 Å². The van der Waals surface area contributed by atoms with E-state index < -0.39 is 0 Å². The Morgan fingerprint density at radius 3 is 2.82 bits per heavy atom. The monoisotopic (exact) mass is 292 g/mol. The standard InChI is InChI=1S/C13H13BrN2O/c1-9-4-2-3-5-10(9)7-16-13(17)12-6-11(14)8-15-12/h2-6,8,15H,7H2,1H3,(H,16,17). The Morgan fingerprint density at radius 1 is 1.41 bits per heavy atom. The van der Waals surface area contributed by atoms with Crippen molar-refractivity contribution in [1.29, 1.82) is 0 Å². The maximum absolute atomic E-state index is 11.8. The number of aromatic amines is 1. The van der Waals surface area contributed by atoms with E-state index in [-0.39, 0.29) is 5.91 Å². The summed E-state index contributed by atoms with van der Waals surface area (Å²) in [6.07, 6.45) is 1.74. The Labute approximate surface area is 108 Å². The number of aromatic nitrogens is 1. The molecule has 17 heavy (non-hydrogen) atoms. The number of hydrogen-bond donors (Lipinski definition) is 2. The minimum atomic E-state index is -0.0982. The van der Waals surface area contributed by atoms with Gasteiger partial charge in [0.15, 0.2) is 0 Å². The predicted molar refractivity (Wildman–Crippen MR) is 70.8 cm³/mol. The third-order valence-electron chi connectivity index (χ3n) is 2.59.